The molecule has 2 aromatic rings. The Hall–Kier alpha value is -1.85. The maximum absolute atomic E-state index is 5.36. The second-order valence-electron chi connectivity index (χ2n) is 5.22. The van der Waals surface area contributed by atoms with E-state index in [1.807, 2.05) is 18.2 Å². The van der Waals surface area contributed by atoms with Gasteiger partial charge < -0.3 is 19.7 Å². The summed E-state index contributed by atoms with van der Waals surface area (Å²) in [6.45, 7) is 3.45. The van der Waals surface area contributed by atoms with Crippen molar-refractivity contribution in [3.63, 3.8) is 0 Å². The molecule has 1 aromatic heterocycles. The number of nitrogens with one attached hydrogen (secondary N) is 1. The third kappa shape index (κ3) is 2.80. The fourth-order valence-corrected chi connectivity index (χ4v) is 2.86. The zero-order valence-corrected chi connectivity index (χ0v) is 12.5. The quantitative estimate of drug-likeness (QED) is 0.927. The number of benzene rings is 1. The summed E-state index contributed by atoms with van der Waals surface area (Å²) >= 11 is 0. The lowest BCUT2D eigenvalue weighted by Crippen LogP contribution is -2.53. The van der Waals surface area contributed by atoms with Crippen LogP contribution in [-0.2, 0) is 4.74 Å². The Morgan fingerprint density at radius 2 is 2.19 bits per heavy atom. The average molecular weight is 287 g/mol. The van der Waals surface area contributed by atoms with Gasteiger partial charge >= 0.3 is 0 Å². The van der Waals surface area contributed by atoms with Crippen LogP contribution in [0, 0.1) is 0 Å². The number of rotatable bonds is 4. The monoisotopic (exact) mass is 287 g/mol. The van der Waals surface area contributed by atoms with E-state index in [0.717, 1.165) is 36.2 Å². The number of anilines is 1. The van der Waals surface area contributed by atoms with E-state index in [4.69, 9.17) is 14.5 Å². The highest BCUT2D eigenvalue weighted by Crippen LogP contribution is 2.30. The predicted molar refractivity (Wildman–Crippen MR) is 84.2 cm³/mol. The first-order valence-electron chi connectivity index (χ1n) is 7.23. The highest BCUT2D eigenvalue weighted by atomic mass is 16.5. The Kier molecular flexibility index (Phi) is 4.22. The molecule has 5 heteroatoms. The molecular weight excluding hydrogens is 266 g/mol. The van der Waals surface area contributed by atoms with Crippen LogP contribution in [0.2, 0.25) is 0 Å². The first-order chi connectivity index (χ1) is 10.3. The molecule has 3 rings (SSSR count). The minimum absolute atomic E-state index is 0.284. The maximum atomic E-state index is 5.36. The lowest BCUT2D eigenvalue weighted by atomic mass is 10.1. The molecule has 0 amide bonds. The number of fused-ring (bicyclic) bond motifs is 1. The molecule has 1 aliphatic heterocycles. The average Bonchev–Trinajstić information content (AvgIpc) is 2.54. The second kappa shape index (κ2) is 6.28. The molecule has 0 radical (unpaired) electrons. The van der Waals surface area contributed by atoms with Gasteiger partial charge in [0.05, 0.1) is 19.8 Å². The van der Waals surface area contributed by atoms with E-state index in [1.54, 1.807) is 14.2 Å². The van der Waals surface area contributed by atoms with E-state index in [2.05, 4.69) is 22.3 Å². The Bertz CT molecular complexity index is 615. The number of nitrogens with zero attached hydrogens (tertiary/aromatic N) is 2. The molecule has 1 atom stereocenters. The first kappa shape index (κ1) is 14.1. The molecule has 1 fully saturated rings. The summed E-state index contributed by atoms with van der Waals surface area (Å²) in [5.41, 5.74) is 0. The lowest BCUT2D eigenvalue weighted by Gasteiger charge is -2.37. The van der Waals surface area contributed by atoms with E-state index < -0.39 is 0 Å². The van der Waals surface area contributed by atoms with Gasteiger partial charge in [-0.3, -0.25) is 0 Å². The first-order valence-corrected chi connectivity index (χ1v) is 7.23. The third-order valence-corrected chi connectivity index (χ3v) is 3.89. The number of pyridine rings is 1. The topological polar surface area (TPSA) is 46.6 Å². The van der Waals surface area contributed by atoms with Crippen molar-refractivity contribution in [3.8, 4) is 5.88 Å². The van der Waals surface area contributed by atoms with E-state index in [9.17, 15) is 0 Å². The molecule has 1 unspecified atom stereocenters. The Labute approximate surface area is 124 Å². The van der Waals surface area contributed by atoms with Crippen LogP contribution < -0.4 is 15.0 Å². The van der Waals surface area contributed by atoms with Crippen molar-refractivity contribution in [1.29, 1.82) is 0 Å². The van der Waals surface area contributed by atoms with Crippen molar-refractivity contribution in [2.24, 2.45) is 0 Å². The molecule has 21 heavy (non-hydrogen) atoms. The standard InChI is InChI=1S/C16H21N3O2/c1-20-11-13-10-17-7-8-19(13)16-14-6-4-3-5-12(14)9-15(18-16)21-2/h3-6,9,13,17H,7-8,10-11H2,1-2H3. The van der Waals surface area contributed by atoms with E-state index in [1.165, 1.54) is 0 Å². The SMILES string of the molecule is COCC1CNCCN1c1nc(OC)cc2ccccc12. The van der Waals surface area contributed by atoms with E-state index in [0.29, 0.717) is 12.5 Å². The lowest BCUT2D eigenvalue weighted by molar-refractivity contribution is 0.170. The molecule has 112 valence electrons. The largest absolute Gasteiger partial charge is 0.481 e. The van der Waals surface area contributed by atoms with Gasteiger partial charge in [0.2, 0.25) is 5.88 Å². The number of methoxy groups -OCH3 is 2. The highest BCUT2D eigenvalue weighted by Gasteiger charge is 2.25. The minimum atomic E-state index is 0.284. The molecule has 1 N–H and O–H groups in total. The van der Waals surface area contributed by atoms with Gasteiger partial charge in [-0.2, -0.15) is 4.98 Å². The number of ether oxygens (including phenoxy) is 2. The van der Waals surface area contributed by atoms with Gasteiger partial charge in [-0.25, -0.2) is 0 Å². The van der Waals surface area contributed by atoms with Crippen molar-refractivity contribution < 1.29 is 9.47 Å². The fourth-order valence-electron chi connectivity index (χ4n) is 2.86. The Morgan fingerprint density at radius 1 is 1.33 bits per heavy atom. The van der Waals surface area contributed by atoms with Crippen LogP contribution in [-0.4, -0.2) is 51.5 Å². The van der Waals surface area contributed by atoms with Gasteiger partial charge in [0.15, 0.2) is 0 Å². The van der Waals surface area contributed by atoms with Gasteiger partial charge in [-0.1, -0.05) is 24.3 Å². The summed E-state index contributed by atoms with van der Waals surface area (Å²) in [6, 6.07) is 10.6. The fraction of sp³-hybridized carbons (Fsp3) is 0.438. The summed E-state index contributed by atoms with van der Waals surface area (Å²) in [7, 11) is 3.40. The summed E-state index contributed by atoms with van der Waals surface area (Å²) in [5, 5.41) is 5.72. The second-order valence-corrected chi connectivity index (χ2v) is 5.22. The van der Waals surface area contributed by atoms with Crippen molar-refractivity contribution in [2.75, 3.05) is 45.4 Å². The molecule has 0 spiro atoms. The highest BCUT2D eigenvalue weighted by molar-refractivity contribution is 5.93. The van der Waals surface area contributed by atoms with Crippen LogP contribution in [0.25, 0.3) is 10.8 Å². The normalized spacial score (nSPS) is 19.0. The number of aromatic nitrogens is 1. The molecule has 0 saturated carbocycles. The molecule has 2 heterocycles. The van der Waals surface area contributed by atoms with Gasteiger partial charge in [0.1, 0.15) is 5.82 Å². The minimum Gasteiger partial charge on any atom is -0.481 e. The van der Waals surface area contributed by atoms with Gasteiger partial charge in [0, 0.05) is 38.2 Å². The Morgan fingerprint density at radius 3 is 3.00 bits per heavy atom. The zero-order valence-electron chi connectivity index (χ0n) is 12.5. The van der Waals surface area contributed by atoms with Crippen LogP contribution in [0.5, 0.6) is 5.88 Å². The smallest absolute Gasteiger partial charge is 0.215 e. The molecule has 0 aliphatic carbocycles. The zero-order chi connectivity index (χ0) is 14.7. The summed E-state index contributed by atoms with van der Waals surface area (Å²) in [4.78, 5) is 7.02. The van der Waals surface area contributed by atoms with Crippen LogP contribution in [0.1, 0.15) is 0 Å². The molecule has 1 aromatic carbocycles. The molecule has 1 saturated heterocycles. The maximum Gasteiger partial charge on any atom is 0.215 e. The molecule has 1 aliphatic rings. The van der Waals surface area contributed by atoms with Crippen molar-refractivity contribution in [1.82, 2.24) is 10.3 Å². The van der Waals surface area contributed by atoms with Crippen molar-refractivity contribution in [3.05, 3.63) is 30.3 Å². The number of hydrogen-bond donors (Lipinski definition) is 1. The summed E-state index contributed by atoms with van der Waals surface area (Å²) in [6.07, 6.45) is 0. The number of hydrogen-bond acceptors (Lipinski definition) is 5. The summed E-state index contributed by atoms with van der Waals surface area (Å²) < 4.78 is 10.7. The van der Waals surface area contributed by atoms with Crippen LogP contribution in [0.3, 0.4) is 0 Å². The molecular formula is C16H21N3O2. The van der Waals surface area contributed by atoms with Gasteiger partial charge in [-0.05, 0) is 5.39 Å². The third-order valence-electron chi connectivity index (χ3n) is 3.89. The van der Waals surface area contributed by atoms with Crippen LogP contribution in [0.15, 0.2) is 30.3 Å². The molecule has 0 bridgehead atoms. The van der Waals surface area contributed by atoms with Crippen LogP contribution in [0.4, 0.5) is 5.82 Å². The van der Waals surface area contributed by atoms with Crippen LogP contribution >= 0.6 is 0 Å². The number of piperazine rings is 1. The molecule has 5 nitrogen and oxygen atoms in total. The van der Waals surface area contributed by atoms with Gasteiger partial charge in [0.25, 0.3) is 0 Å². The predicted octanol–water partition coefficient (Wildman–Crippen LogP) is 1.67. The summed E-state index contributed by atoms with van der Waals surface area (Å²) in [5.74, 6) is 1.63. The van der Waals surface area contributed by atoms with E-state index in [-0.39, 0.29) is 6.04 Å². The van der Waals surface area contributed by atoms with Gasteiger partial charge in [-0.15, -0.1) is 0 Å². The Balaban J connectivity index is 2.08. The van der Waals surface area contributed by atoms with Crippen molar-refractivity contribution >= 4 is 16.6 Å². The van der Waals surface area contributed by atoms with Crippen molar-refractivity contribution in [2.45, 2.75) is 6.04 Å². The van der Waals surface area contributed by atoms with E-state index >= 15 is 0 Å².